The minimum absolute atomic E-state index is 0.0849. The monoisotopic (exact) mass is 601 g/mol. The van der Waals surface area contributed by atoms with E-state index in [1.54, 1.807) is 54.6 Å². The molecule has 1 heterocycles. The van der Waals surface area contributed by atoms with Gasteiger partial charge < -0.3 is 8.60 Å². The molecule has 0 aliphatic heterocycles. The van der Waals surface area contributed by atoms with E-state index in [1.807, 2.05) is 0 Å². The fourth-order valence-corrected chi connectivity index (χ4v) is 6.84. The van der Waals surface area contributed by atoms with Crippen LogP contribution in [0.15, 0.2) is 124 Å². The third-order valence-electron chi connectivity index (χ3n) is 6.19. The molecule has 0 unspecified atom stereocenters. The van der Waals surface area contributed by atoms with Gasteiger partial charge in [0.05, 0.1) is 23.3 Å². The lowest BCUT2D eigenvalue weighted by atomic mass is 10.1. The van der Waals surface area contributed by atoms with Crippen molar-refractivity contribution in [1.29, 1.82) is 0 Å². The van der Waals surface area contributed by atoms with E-state index in [1.165, 1.54) is 34.8 Å². The molecule has 0 amide bonds. The van der Waals surface area contributed by atoms with Crippen LogP contribution < -0.4 is 4.18 Å². The minimum Gasteiger partial charge on any atom is -0.468 e. The number of benzene rings is 4. The lowest BCUT2D eigenvalue weighted by Crippen LogP contribution is -2.30. The predicted octanol–water partition coefficient (Wildman–Crippen LogP) is 6.61. The average molecular weight is 602 g/mol. The molecule has 5 aromatic rings. The summed E-state index contributed by atoms with van der Waals surface area (Å²) < 4.78 is 105. The first kappa shape index (κ1) is 28.4. The molecule has 0 N–H and O–H groups in total. The van der Waals surface area contributed by atoms with Gasteiger partial charge in [-0.1, -0.05) is 54.6 Å². The molecule has 0 spiro atoms. The second-order valence-electron chi connectivity index (χ2n) is 9.04. The van der Waals surface area contributed by atoms with Crippen LogP contribution in [0.25, 0.3) is 10.8 Å². The van der Waals surface area contributed by atoms with Crippen LogP contribution >= 0.6 is 0 Å². The highest BCUT2D eigenvalue weighted by molar-refractivity contribution is 7.89. The second-order valence-corrected chi connectivity index (χ2v) is 12.5. The third-order valence-corrected chi connectivity index (χ3v) is 9.29. The number of sulfonamides is 1. The van der Waals surface area contributed by atoms with Gasteiger partial charge in [0.1, 0.15) is 16.4 Å². The van der Waals surface area contributed by atoms with E-state index in [4.69, 9.17) is 8.60 Å². The predicted molar refractivity (Wildman–Crippen MR) is 145 cm³/mol. The molecule has 0 aliphatic carbocycles. The minimum atomic E-state index is -4.74. The molecule has 0 aliphatic rings. The number of alkyl halides is 3. The molecule has 41 heavy (non-hydrogen) atoms. The maximum absolute atomic E-state index is 14.0. The Morgan fingerprint density at radius 2 is 1.49 bits per heavy atom. The number of rotatable bonds is 9. The van der Waals surface area contributed by atoms with Gasteiger partial charge >= 0.3 is 16.3 Å². The zero-order chi connectivity index (χ0) is 29.3. The Morgan fingerprint density at radius 1 is 0.756 bits per heavy atom. The van der Waals surface area contributed by atoms with Gasteiger partial charge in [-0.15, -0.1) is 0 Å². The summed E-state index contributed by atoms with van der Waals surface area (Å²) in [6.07, 6.45) is -3.32. The number of hydrogen-bond acceptors (Lipinski definition) is 6. The van der Waals surface area contributed by atoms with Crippen LogP contribution in [0.4, 0.5) is 13.2 Å². The number of furan rings is 1. The first-order chi connectivity index (χ1) is 19.4. The molecule has 0 saturated heterocycles. The highest BCUT2D eigenvalue weighted by Crippen LogP contribution is 2.32. The Labute approximate surface area is 234 Å². The summed E-state index contributed by atoms with van der Waals surface area (Å²) in [5, 5.41) is 1.27. The molecule has 4 aromatic carbocycles. The quantitative estimate of drug-likeness (QED) is 0.177. The second kappa shape index (κ2) is 11.0. The fourth-order valence-electron chi connectivity index (χ4n) is 4.26. The van der Waals surface area contributed by atoms with Crippen molar-refractivity contribution < 1.29 is 38.6 Å². The van der Waals surface area contributed by atoms with Crippen molar-refractivity contribution in [2.24, 2.45) is 0 Å². The van der Waals surface area contributed by atoms with Crippen LogP contribution in [0.1, 0.15) is 16.9 Å². The van der Waals surface area contributed by atoms with Gasteiger partial charge in [0.25, 0.3) is 0 Å². The molecule has 0 fully saturated rings. The molecule has 0 bridgehead atoms. The SMILES string of the molecule is O=S(=O)(Oc1cccc(CN(Cc2ccco2)S(=O)(=O)c2cccc3ccccc23)c1)c1cccc(C(F)(F)F)c1. The van der Waals surface area contributed by atoms with Gasteiger partial charge in [-0.3, -0.25) is 0 Å². The number of halogens is 3. The fraction of sp³-hybridized carbons (Fsp3) is 0.103. The maximum atomic E-state index is 14.0. The van der Waals surface area contributed by atoms with Crippen LogP contribution in [0.5, 0.6) is 5.75 Å². The third kappa shape index (κ3) is 6.29. The van der Waals surface area contributed by atoms with Crippen molar-refractivity contribution in [3.8, 4) is 5.75 Å². The van der Waals surface area contributed by atoms with E-state index < -0.39 is 36.8 Å². The van der Waals surface area contributed by atoms with E-state index in [0.29, 0.717) is 22.8 Å². The van der Waals surface area contributed by atoms with Crippen molar-refractivity contribution in [3.05, 3.63) is 126 Å². The van der Waals surface area contributed by atoms with Crippen molar-refractivity contribution in [2.45, 2.75) is 29.1 Å². The van der Waals surface area contributed by atoms with Gasteiger partial charge in [-0.2, -0.15) is 25.9 Å². The van der Waals surface area contributed by atoms with E-state index in [2.05, 4.69) is 0 Å². The Balaban J connectivity index is 1.47. The molecule has 212 valence electrons. The lowest BCUT2D eigenvalue weighted by Gasteiger charge is -2.22. The standard InChI is InChI=1S/C29H22F3NO6S2/c30-29(31,32)23-10-5-13-26(18-23)41(36,37)39-24-11-3-7-21(17-24)19-33(20-25-12-6-16-38-25)40(34,35)28-15-4-9-22-8-1-2-14-27(22)28/h1-18H,19-20H2. The molecule has 0 atom stereocenters. The van der Waals surface area contributed by atoms with Crippen molar-refractivity contribution in [2.75, 3.05) is 0 Å². The Hall–Kier alpha value is -4.13. The molecule has 12 heteroatoms. The van der Waals surface area contributed by atoms with Crippen molar-refractivity contribution >= 4 is 30.9 Å². The zero-order valence-electron chi connectivity index (χ0n) is 21.2. The van der Waals surface area contributed by atoms with Crippen LogP contribution in [0.3, 0.4) is 0 Å². The molecule has 1 aromatic heterocycles. The van der Waals surface area contributed by atoms with Crippen LogP contribution in [-0.4, -0.2) is 21.1 Å². The molecule has 0 radical (unpaired) electrons. The van der Waals surface area contributed by atoms with Crippen LogP contribution in [0.2, 0.25) is 0 Å². The maximum Gasteiger partial charge on any atom is 0.416 e. The molecular weight excluding hydrogens is 579 g/mol. The van der Waals surface area contributed by atoms with Gasteiger partial charge in [0.15, 0.2) is 0 Å². The summed E-state index contributed by atoms with van der Waals surface area (Å²) in [6.45, 7) is -0.306. The molecular formula is C29H22F3NO6S2. The van der Waals surface area contributed by atoms with E-state index >= 15 is 0 Å². The van der Waals surface area contributed by atoms with E-state index in [9.17, 15) is 30.0 Å². The summed E-state index contributed by atoms with van der Waals surface area (Å²) in [6, 6.07) is 24.2. The number of hydrogen-bond donors (Lipinski definition) is 0. The zero-order valence-corrected chi connectivity index (χ0v) is 22.8. The highest BCUT2D eigenvalue weighted by atomic mass is 32.2. The summed E-state index contributed by atoms with van der Waals surface area (Å²) in [7, 11) is -8.73. The van der Waals surface area contributed by atoms with Gasteiger partial charge in [-0.25, -0.2) is 8.42 Å². The topological polar surface area (TPSA) is 93.9 Å². The van der Waals surface area contributed by atoms with Gasteiger partial charge in [-0.05, 0) is 59.5 Å². The first-order valence-corrected chi connectivity index (χ1v) is 15.0. The summed E-state index contributed by atoms with van der Waals surface area (Å²) >= 11 is 0. The van der Waals surface area contributed by atoms with E-state index in [0.717, 1.165) is 23.6 Å². The lowest BCUT2D eigenvalue weighted by molar-refractivity contribution is -0.137. The molecule has 0 saturated carbocycles. The normalized spacial score (nSPS) is 12.6. The van der Waals surface area contributed by atoms with Crippen molar-refractivity contribution in [1.82, 2.24) is 4.31 Å². The number of fused-ring (bicyclic) bond motifs is 1. The van der Waals surface area contributed by atoms with Crippen molar-refractivity contribution in [3.63, 3.8) is 0 Å². The van der Waals surface area contributed by atoms with Crippen LogP contribution in [0, 0.1) is 0 Å². The molecule has 7 nitrogen and oxygen atoms in total. The largest absolute Gasteiger partial charge is 0.468 e. The van der Waals surface area contributed by atoms with Gasteiger partial charge in [0.2, 0.25) is 10.0 Å². The Kier molecular flexibility index (Phi) is 7.64. The smallest absolute Gasteiger partial charge is 0.416 e. The Bertz CT molecular complexity index is 1900. The van der Waals surface area contributed by atoms with Gasteiger partial charge in [0, 0.05) is 11.9 Å². The van der Waals surface area contributed by atoms with E-state index in [-0.39, 0.29) is 23.7 Å². The summed E-state index contributed by atoms with van der Waals surface area (Å²) in [5.41, 5.74) is -0.764. The average Bonchev–Trinajstić information content (AvgIpc) is 3.45. The van der Waals surface area contributed by atoms with Crippen LogP contribution in [-0.2, 0) is 39.4 Å². The number of nitrogens with zero attached hydrogens (tertiary/aromatic N) is 1. The highest BCUT2D eigenvalue weighted by Gasteiger charge is 2.32. The Morgan fingerprint density at radius 3 is 2.24 bits per heavy atom. The summed E-state index contributed by atoms with van der Waals surface area (Å²) in [5.74, 6) is 0.189. The summed E-state index contributed by atoms with van der Waals surface area (Å²) in [4.78, 5) is -0.586. The molecule has 5 rings (SSSR count). The first-order valence-electron chi connectivity index (χ1n) is 12.1.